The maximum absolute atomic E-state index is 5.61. The summed E-state index contributed by atoms with van der Waals surface area (Å²) in [6.07, 6.45) is 0.466. The summed E-state index contributed by atoms with van der Waals surface area (Å²) in [5.41, 5.74) is 1.24. The van der Waals surface area contributed by atoms with Crippen molar-refractivity contribution in [2.75, 3.05) is 21.1 Å². The molecular formula is C13H22N2O. The number of hydrogen-bond acceptors (Lipinski definition) is 3. The summed E-state index contributed by atoms with van der Waals surface area (Å²) in [4.78, 5) is 2.14. The lowest BCUT2D eigenvalue weighted by Crippen LogP contribution is -2.30. The molecule has 1 N–H and O–H groups in total. The molecule has 0 heterocycles. The summed E-state index contributed by atoms with van der Waals surface area (Å²) in [5, 5.41) is 3.26. The topological polar surface area (TPSA) is 24.5 Å². The Morgan fingerprint density at radius 3 is 2.06 bits per heavy atom. The van der Waals surface area contributed by atoms with Crippen LogP contribution in [0.15, 0.2) is 24.3 Å². The molecule has 1 rings (SSSR count). The molecule has 0 aromatic heterocycles. The van der Waals surface area contributed by atoms with Gasteiger partial charge in [-0.25, -0.2) is 0 Å². The number of nitrogens with one attached hydrogen (secondary N) is 1. The highest BCUT2D eigenvalue weighted by Crippen LogP contribution is 2.19. The zero-order valence-corrected chi connectivity index (χ0v) is 10.8. The van der Waals surface area contributed by atoms with E-state index in [-0.39, 0.29) is 12.3 Å². The van der Waals surface area contributed by atoms with Gasteiger partial charge in [-0.2, -0.15) is 0 Å². The summed E-state index contributed by atoms with van der Waals surface area (Å²) in [5.74, 6) is 0.923. The Morgan fingerprint density at radius 2 is 1.69 bits per heavy atom. The van der Waals surface area contributed by atoms with Crippen molar-refractivity contribution in [3.63, 3.8) is 0 Å². The Balaban J connectivity index is 2.77. The van der Waals surface area contributed by atoms with Crippen molar-refractivity contribution in [2.45, 2.75) is 26.1 Å². The van der Waals surface area contributed by atoms with E-state index >= 15 is 0 Å². The molecule has 0 amide bonds. The van der Waals surface area contributed by atoms with Crippen molar-refractivity contribution < 1.29 is 4.74 Å². The second-order valence-corrected chi connectivity index (χ2v) is 4.39. The Kier molecular flexibility index (Phi) is 4.77. The third-order valence-corrected chi connectivity index (χ3v) is 2.36. The molecule has 0 radical (unpaired) electrons. The van der Waals surface area contributed by atoms with E-state index in [0.717, 1.165) is 5.75 Å². The van der Waals surface area contributed by atoms with Crippen LogP contribution in [-0.2, 0) is 0 Å². The Bertz CT molecular complexity index is 306. The molecule has 90 valence electrons. The molecule has 3 nitrogen and oxygen atoms in total. The molecule has 0 saturated carbocycles. The first kappa shape index (κ1) is 13.0. The molecule has 0 spiro atoms. The van der Waals surface area contributed by atoms with E-state index in [1.54, 1.807) is 0 Å². The SMILES string of the molecule is CNC(c1ccc(OC(C)C)cc1)N(C)C. The molecule has 0 bridgehead atoms. The minimum absolute atomic E-state index is 0.222. The summed E-state index contributed by atoms with van der Waals surface area (Å²) < 4.78 is 5.61. The second-order valence-electron chi connectivity index (χ2n) is 4.39. The molecule has 0 saturated heterocycles. The lowest BCUT2D eigenvalue weighted by atomic mass is 10.1. The van der Waals surface area contributed by atoms with Gasteiger partial charge in [-0.1, -0.05) is 12.1 Å². The predicted octanol–water partition coefficient (Wildman–Crippen LogP) is 2.25. The first-order chi connectivity index (χ1) is 7.54. The lowest BCUT2D eigenvalue weighted by Gasteiger charge is -2.24. The van der Waals surface area contributed by atoms with Crippen LogP contribution in [0.4, 0.5) is 0 Å². The quantitative estimate of drug-likeness (QED) is 0.773. The van der Waals surface area contributed by atoms with E-state index < -0.39 is 0 Å². The number of ether oxygens (including phenoxy) is 1. The van der Waals surface area contributed by atoms with Crippen LogP contribution in [-0.4, -0.2) is 32.1 Å². The van der Waals surface area contributed by atoms with Crippen molar-refractivity contribution in [1.82, 2.24) is 10.2 Å². The van der Waals surface area contributed by atoms with E-state index in [4.69, 9.17) is 4.74 Å². The number of rotatable bonds is 5. The van der Waals surface area contributed by atoms with Crippen LogP contribution in [0.1, 0.15) is 25.6 Å². The van der Waals surface area contributed by atoms with Crippen LogP contribution in [0.25, 0.3) is 0 Å². The van der Waals surface area contributed by atoms with Crippen LogP contribution in [0, 0.1) is 0 Å². The first-order valence-electron chi connectivity index (χ1n) is 5.65. The van der Waals surface area contributed by atoms with Crippen LogP contribution < -0.4 is 10.1 Å². The fraction of sp³-hybridized carbons (Fsp3) is 0.538. The number of benzene rings is 1. The van der Waals surface area contributed by atoms with Gasteiger partial charge in [-0.05, 0) is 52.7 Å². The highest BCUT2D eigenvalue weighted by molar-refractivity contribution is 5.29. The molecule has 0 aliphatic rings. The van der Waals surface area contributed by atoms with E-state index in [2.05, 4.69) is 36.4 Å². The molecule has 0 aliphatic heterocycles. The Morgan fingerprint density at radius 1 is 1.12 bits per heavy atom. The van der Waals surface area contributed by atoms with Gasteiger partial charge in [0.05, 0.1) is 12.3 Å². The molecule has 1 unspecified atom stereocenters. The second kappa shape index (κ2) is 5.87. The van der Waals surface area contributed by atoms with Crippen LogP contribution in [0.3, 0.4) is 0 Å². The van der Waals surface area contributed by atoms with Crippen molar-refractivity contribution >= 4 is 0 Å². The fourth-order valence-electron chi connectivity index (χ4n) is 1.72. The Labute approximate surface area is 98.4 Å². The molecule has 0 fully saturated rings. The van der Waals surface area contributed by atoms with Gasteiger partial charge in [0.25, 0.3) is 0 Å². The lowest BCUT2D eigenvalue weighted by molar-refractivity contribution is 0.241. The van der Waals surface area contributed by atoms with Gasteiger partial charge in [0.15, 0.2) is 0 Å². The van der Waals surface area contributed by atoms with Crippen molar-refractivity contribution in [3.8, 4) is 5.75 Å². The standard InChI is InChI=1S/C13H22N2O/c1-10(2)16-12-8-6-11(7-9-12)13(14-3)15(4)5/h6-10,13-14H,1-5H3. The third kappa shape index (κ3) is 3.51. The van der Waals surface area contributed by atoms with Crippen molar-refractivity contribution in [1.29, 1.82) is 0 Å². The van der Waals surface area contributed by atoms with Gasteiger partial charge >= 0.3 is 0 Å². The highest BCUT2D eigenvalue weighted by atomic mass is 16.5. The average molecular weight is 222 g/mol. The third-order valence-electron chi connectivity index (χ3n) is 2.36. The maximum Gasteiger partial charge on any atom is 0.119 e. The van der Waals surface area contributed by atoms with Gasteiger partial charge < -0.3 is 10.1 Å². The molecule has 0 aliphatic carbocycles. The molecule has 1 aromatic carbocycles. The first-order valence-corrected chi connectivity index (χ1v) is 5.65. The normalized spacial score (nSPS) is 13.2. The van der Waals surface area contributed by atoms with Crippen LogP contribution in [0.2, 0.25) is 0 Å². The van der Waals surface area contributed by atoms with Gasteiger partial charge in [-0.3, -0.25) is 4.90 Å². The summed E-state index contributed by atoms with van der Waals surface area (Å²) in [6.45, 7) is 4.06. The average Bonchev–Trinajstić information content (AvgIpc) is 2.20. The predicted molar refractivity (Wildman–Crippen MR) is 67.7 cm³/mol. The van der Waals surface area contributed by atoms with Crippen LogP contribution in [0.5, 0.6) is 5.75 Å². The molecule has 1 atom stereocenters. The number of nitrogens with zero attached hydrogens (tertiary/aromatic N) is 1. The van der Waals surface area contributed by atoms with Gasteiger partial charge in [-0.15, -0.1) is 0 Å². The summed E-state index contributed by atoms with van der Waals surface area (Å²) >= 11 is 0. The zero-order valence-electron chi connectivity index (χ0n) is 10.8. The molecule has 3 heteroatoms. The minimum Gasteiger partial charge on any atom is -0.491 e. The molecular weight excluding hydrogens is 200 g/mol. The zero-order chi connectivity index (χ0) is 12.1. The monoisotopic (exact) mass is 222 g/mol. The van der Waals surface area contributed by atoms with Gasteiger partial charge in [0, 0.05) is 0 Å². The fourth-order valence-corrected chi connectivity index (χ4v) is 1.72. The number of hydrogen-bond donors (Lipinski definition) is 1. The van der Waals surface area contributed by atoms with E-state index in [1.807, 2.05) is 33.0 Å². The van der Waals surface area contributed by atoms with Crippen LogP contribution >= 0.6 is 0 Å². The van der Waals surface area contributed by atoms with Gasteiger partial charge in [0.2, 0.25) is 0 Å². The molecule has 16 heavy (non-hydrogen) atoms. The van der Waals surface area contributed by atoms with Crippen molar-refractivity contribution in [2.24, 2.45) is 0 Å². The highest BCUT2D eigenvalue weighted by Gasteiger charge is 2.10. The molecule has 1 aromatic rings. The smallest absolute Gasteiger partial charge is 0.119 e. The summed E-state index contributed by atoms with van der Waals surface area (Å²) in [6, 6.07) is 8.23. The largest absolute Gasteiger partial charge is 0.491 e. The minimum atomic E-state index is 0.222. The summed E-state index contributed by atoms with van der Waals surface area (Å²) in [7, 11) is 6.07. The van der Waals surface area contributed by atoms with E-state index in [1.165, 1.54) is 5.56 Å². The van der Waals surface area contributed by atoms with E-state index in [9.17, 15) is 0 Å². The van der Waals surface area contributed by atoms with Gasteiger partial charge in [0.1, 0.15) is 5.75 Å². The Hall–Kier alpha value is -1.06. The van der Waals surface area contributed by atoms with Crippen molar-refractivity contribution in [3.05, 3.63) is 29.8 Å². The maximum atomic E-state index is 5.61. The van der Waals surface area contributed by atoms with E-state index in [0.29, 0.717) is 0 Å².